The molecule has 0 radical (unpaired) electrons. The van der Waals surface area contributed by atoms with Crippen LogP contribution in [-0.2, 0) is 27.3 Å². The number of nitrogens with one attached hydrogen (secondary N) is 1. The van der Waals surface area contributed by atoms with Gasteiger partial charge >= 0.3 is 6.18 Å². The minimum atomic E-state index is -4.37. The molecule has 230 valence electrons. The average Bonchev–Trinajstić information content (AvgIpc) is 3.44. The quantitative estimate of drug-likeness (QED) is 0.360. The summed E-state index contributed by atoms with van der Waals surface area (Å²) < 4.78 is 68.9. The molecule has 2 heterocycles. The third-order valence-corrected chi connectivity index (χ3v) is 10.0. The van der Waals surface area contributed by atoms with E-state index in [1.54, 1.807) is 55.5 Å². The van der Waals surface area contributed by atoms with Crippen LogP contribution in [-0.4, -0.2) is 70.4 Å². The van der Waals surface area contributed by atoms with Gasteiger partial charge in [0, 0.05) is 55.9 Å². The minimum absolute atomic E-state index is 0.0280. The number of nitrogens with zero attached hydrogens (tertiary/aromatic N) is 2. The van der Waals surface area contributed by atoms with Crippen molar-refractivity contribution in [2.75, 3.05) is 50.0 Å². The second-order valence-electron chi connectivity index (χ2n) is 11.0. The highest BCUT2D eigenvalue weighted by molar-refractivity contribution is 7.91. The second-order valence-corrected chi connectivity index (χ2v) is 13.3. The molecule has 1 N–H and O–H groups in total. The number of anilines is 1. The normalized spacial score (nSPS) is 19.9. The first-order valence-electron chi connectivity index (χ1n) is 14.5. The molecule has 2 atom stereocenters. The van der Waals surface area contributed by atoms with E-state index in [2.05, 4.69) is 15.1 Å². The second kappa shape index (κ2) is 13.1. The van der Waals surface area contributed by atoms with Crippen LogP contribution in [0, 0.1) is 0 Å². The molecule has 1 unspecified atom stereocenters. The number of halogens is 3. The summed E-state index contributed by atoms with van der Waals surface area (Å²) in [5.41, 5.74) is 2.48. The van der Waals surface area contributed by atoms with Crippen LogP contribution in [0.4, 0.5) is 18.9 Å². The number of ether oxygens (including phenoxy) is 1. The number of sulfone groups is 1. The smallest absolute Gasteiger partial charge is 0.379 e. The van der Waals surface area contributed by atoms with E-state index in [0.29, 0.717) is 25.3 Å². The van der Waals surface area contributed by atoms with Crippen molar-refractivity contribution in [3.63, 3.8) is 0 Å². The minimum Gasteiger partial charge on any atom is -0.379 e. The first-order chi connectivity index (χ1) is 20.5. The van der Waals surface area contributed by atoms with Gasteiger partial charge in [-0.25, -0.2) is 8.42 Å². The number of hydrogen-bond donors (Lipinski definition) is 1. The van der Waals surface area contributed by atoms with E-state index in [1.807, 2.05) is 12.1 Å². The number of amides is 1. The molecule has 1 amide bonds. The summed E-state index contributed by atoms with van der Waals surface area (Å²) in [6, 6.07) is 19.5. The van der Waals surface area contributed by atoms with Gasteiger partial charge in [-0.15, -0.1) is 0 Å². The van der Waals surface area contributed by atoms with Gasteiger partial charge in [0.25, 0.3) is 5.91 Å². The van der Waals surface area contributed by atoms with Gasteiger partial charge in [-0.05, 0) is 66.1 Å². The van der Waals surface area contributed by atoms with Crippen molar-refractivity contribution in [1.82, 2.24) is 10.2 Å². The number of carbonyl (C=O) groups excluding carboxylic acids is 1. The van der Waals surface area contributed by atoms with Gasteiger partial charge in [-0.2, -0.15) is 13.2 Å². The van der Waals surface area contributed by atoms with E-state index in [1.165, 1.54) is 0 Å². The lowest BCUT2D eigenvalue weighted by Crippen LogP contribution is -2.45. The van der Waals surface area contributed by atoms with Crippen LogP contribution in [0.2, 0.25) is 0 Å². The maximum Gasteiger partial charge on any atom is 0.416 e. The lowest BCUT2D eigenvalue weighted by Gasteiger charge is -2.34. The maximum absolute atomic E-state index is 13.1. The van der Waals surface area contributed by atoms with Crippen molar-refractivity contribution in [3.05, 3.63) is 95.1 Å². The Labute approximate surface area is 250 Å². The van der Waals surface area contributed by atoms with Crippen LogP contribution in [0.15, 0.2) is 77.7 Å². The molecular weight excluding hydrogens is 579 g/mol. The van der Waals surface area contributed by atoms with E-state index in [9.17, 15) is 26.4 Å². The summed E-state index contributed by atoms with van der Waals surface area (Å²) in [4.78, 5) is 17.8. The maximum atomic E-state index is 13.1. The van der Waals surface area contributed by atoms with Gasteiger partial charge in [0.15, 0.2) is 9.84 Å². The van der Waals surface area contributed by atoms with Crippen molar-refractivity contribution in [1.29, 1.82) is 0 Å². The molecule has 0 saturated carbocycles. The van der Waals surface area contributed by atoms with Crippen LogP contribution in [0.5, 0.6) is 0 Å². The lowest BCUT2D eigenvalue weighted by molar-refractivity contribution is -0.137. The Morgan fingerprint density at radius 3 is 2.21 bits per heavy atom. The Kier molecular flexibility index (Phi) is 9.43. The van der Waals surface area contributed by atoms with Crippen LogP contribution in [0.3, 0.4) is 0 Å². The summed E-state index contributed by atoms with van der Waals surface area (Å²) >= 11 is 0. The number of benzene rings is 3. The topological polar surface area (TPSA) is 79.0 Å². The van der Waals surface area contributed by atoms with Crippen LogP contribution < -0.4 is 10.2 Å². The van der Waals surface area contributed by atoms with Gasteiger partial charge in [-0.3, -0.25) is 9.69 Å². The Balaban J connectivity index is 1.26. The van der Waals surface area contributed by atoms with Crippen molar-refractivity contribution < 1.29 is 31.1 Å². The third-order valence-electron chi connectivity index (χ3n) is 8.27. The first-order valence-corrected chi connectivity index (χ1v) is 16.1. The summed E-state index contributed by atoms with van der Waals surface area (Å²) in [6.07, 6.45) is -3.56. The first kappa shape index (κ1) is 31.0. The standard InChI is InChI=1S/C32H36F3N3O4S/c1-2-43(40,41)30-13-3-23(4-14-30)20-36-31(39)25-7-11-28(12-8-25)38-21-26(19-29(38)22-37-15-17-42-18-16-37)24-5-9-27(10-6-24)32(33,34)35/h3-14,26,29H,2,15-22H2,1H3,(H,36,39)/t26?,29-/m0/s1. The largest absolute Gasteiger partial charge is 0.416 e. The Morgan fingerprint density at radius 2 is 1.60 bits per heavy atom. The molecule has 2 fully saturated rings. The van der Waals surface area contributed by atoms with Crippen molar-refractivity contribution in [2.24, 2.45) is 0 Å². The van der Waals surface area contributed by atoms with Crippen molar-refractivity contribution >= 4 is 21.4 Å². The number of morpholine rings is 1. The molecule has 0 aromatic heterocycles. The van der Waals surface area contributed by atoms with Crippen LogP contribution >= 0.6 is 0 Å². The zero-order valence-corrected chi connectivity index (χ0v) is 24.8. The molecule has 0 spiro atoms. The number of alkyl halides is 3. The predicted octanol–water partition coefficient (Wildman–Crippen LogP) is 5.12. The molecule has 0 aliphatic carbocycles. The summed E-state index contributed by atoms with van der Waals surface area (Å²) in [7, 11) is -3.28. The Hall–Kier alpha value is -3.41. The van der Waals surface area contributed by atoms with E-state index >= 15 is 0 Å². The highest BCUT2D eigenvalue weighted by atomic mass is 32.2. The van der Waals surface area contributed by atoms with E-state index < -0.39 is 21.6 Å². The van der Waals surface area contributed by atoms with E-state index in [0.717, 1.165) is 55.0 Å². The highest BCUT2D eigenvalue weighted by Crippen LogP contribution is 2.37. The molecule has 7 nitrogen and oxygen atoms in total. The molecule has 2 saturated heterocycles. The van der Waals surface area contributed by atoms with E-state index in [-0.39, 0.29) is 35.1 Å². The molecule has 2 aliphatic heterocycles. The molecule has 11 heteroatoms. The fraction of sp³-hybridized carbons (Fsp3) is 0.406. The van der Waals surface area contributed by atoms with Crippen LogP contribution in [0.1, 0.15) is 46.3 Å². The summed E-state index contributed by atoms with van der Waals surface area (Å²) in [5.74, 6) is -0.138. The fourth-order valence-electron chi connectivity index (χ4n) is 5.74. The van der Waals surface area contributed by atoms with Gasteiger partial charge in [0.05, 0.1) is 29.4 Å². The van der Waals surface area contributed by atoms with E-state index in [4.69, 9.17) is 4.74 Å². The van der Waals surface area contributed by atoms with Crippen molar-refractivity contribution in [3.8, 4) is 0 Å². The van der Waals surface area contributed by atoms with Gasteiger partial charge in [0.1, 0.15) is 0 Å². The average molecular weight is 616 g/mol. The SMILES string of the molecule is CCS(=O)(=O)c1ccc(CNC(=O)c2ccc(N3CC(c4ccc(C(F)(F)F)cc4)C[C@H]3CN3CCOCC3)cc2)cc1. The Morgan fingerprint density at radius 1 is 0.953 bits per heavy atom. The molecule has 3 aromatic carbocycles. The van der Waals surface area contributed by atoms with Gasteiger partial charge in [-0.1, -0.05) is 31.2 Å². The van der Waals surface area contributed by atoms with Gasteiger partial charge in [0.2, 0.25) is 0 Å². The molecule has 2 aliphatic rings. The van der Waals surface area contributed by atoms with Crippen molar-refractivity contribution in [2.45, 2.75) is 42.9 Å². The third kappa shape index (κ3) is 7.57. The molecular formula is C32H36F3N3O4S. The number of rotatable bonds is 9. The Bertz CT molecular complexity index is 1490. The fourth-order valence-corrected chi connectivity index (χ4v) is 6.63. The molecule has 5 rings (SSSR count). The lowest BCUT2D eigenvalue weighted by atomic mass is 9.95. The predicted molar refractivity (Wildman–Crippen MR) is 159 cm³/mol. The van der Waals surface area contributed by atoms with Crippen LogP contribution in [0.25, 0.3) is 0 Å². The zero-order chi connectivity index (χ0) is 30.6. The highest BCUT2D eigenvalue weighted by Gasteiger charge is 2.35. The molecule has 3 aromatic rings. The number of carbonyl (C=O) groups is 1. The molecule has 43 heavy (non-hydrogen) atoms. The summed E-state index contributed by atoms with van der Waals surface area (Å²) in [5, 5.41) is 2.88. The molecule has 0 bridgehead atoms. The number of hydrogen-bond acceptors (Lipinski definition) is 6. The van der Waals surface area contributed by atoms with Gasteiger partial charge < -0.3 is 15.0 Å². The summed E-state index contributed by atoms with van der Waals surface area (Å²) in [6.45, 7) is 6.38. The monoisotopic (exact) mass is 615 g/mol. The zero-order valence-electron chi connectivity index (χ0n) is 24.0.